The Morgan fingerprint density at radius 1 is 1.26 bits per heavy atom. The molecule has 0 fully saturated rings. The van der Waals surface area contributed by atoms with E-state index in [1.165, 1.54) is 11.3 Å². The van der Waals surface area contributed by atoms with Crippen molar-refractivity contribution >= 4 is 17.2 Å². The first-order valence-electron chi connectivity index (χ1n) is 7.20. The molecule has 23 heavy (non-hydrogen) atoms. The van der Waals surface area contributed by atoms with Gasteiger partial charge in [0.1, 0.15) is 4.88 Å². The number of amides is 1. The largest absolute Gasteiger partial charge is 0.350 e. The summed E-state index contributed by atoms with van der Waals surface area (Å²) in [4.78, 5) is 25.8. The molecular formula is C16H17N5OS. The second kappa shape index (κ2) is 6.29. The number of aromatic nitrogens is 4. The van der Waals surface area contributed by atoms with Gasteiger partial charge in [0.15, 0.2) is 10.8 Å². The maximum absolute atomic E-state index is 12.4. The molecule has 0 spiro atoms. The molecule has 1 amide bonds. The smallest absolute Gasteiger partial charge is 0.263 e. The predicted molar refractivity (Wildman–Crippen MR) is 89.2 cm³/mol. The van der Waals surface area contributed by atoms with Gasteiger partial charge in [-0.15, -0.1) is 11.3 Å². The van der Waals surface area contributed by atoms with Crippen LogP contribution >= 0.6 is 11.3 Å². The number of rotatable bonds is 4. The van der Waals surface area contributed by atoms with Crippen molar-refractivity contribution in [3.05, 3.63) is 52.6 Å². The third-order valence-corrected chi connectivity index (χ3v) is 4.82. The van der Waals surface area contributed by atoms with E-state index < -0.39 is 0 Å². The number of aryl methyl sites for hydroxylation is 2. The molecule has 0 aromatic carbocycles. The SMILES string of the molecule is Cc1nc(-c2ncccn2)sc1C(=O)NCc1ccc(C)n1C. The van der Waals surface area contributed by atoms with E-state index in [4.69, 9.17) is 0 Å². The van der Waals surface area contributed by atoms with Crippen LogP contribution in [0.1, 0.15) is 26.8 Å². The average Bonchev–Trinajstić information content (AvgIpc) is 3.10. The van der Waals surface area contributed by atoms with Gasteiger partial charge in [0.2, 0.25) is 0 Å². The highest BCUT2D eigenvalue weighted by Gasteiger charge is 2.17. The summed E-state index contributed by atoms with van der Waals surface area (Å²) < 4.78 is 2.06. The van der Waals surface area contributed by atoms with Crippen LogP contribution in [0, 0.1) is 13.8 Å². The van der Waals surface area contributed by atoms with Gasteiger partial charge >= 0.3 is 0 Å². The van der Waals surface area contributed by atoms with Gasteiger partial charge in [-0.3, -0.25) is 4.79 Å². The standard InChI is InChI=1S/C16H17N5OS/c1-10-5-6-12(21(10)3)9-19-15(22)13-11(2)20-16(23-13)14-17-7-4-8-18-14/h4-8H,9H2,1-3H3,(H,19,22). The third-order valence-electron chi connectivity index (χ3n) is 3.67. The number of carbonyl (C=O) groups excluding carboxylic acids is 1. The summed E-state index contributed by atoms with van der Waals surface area (Å²) in [7, 11) is 1.99. The molecule has 0 atom stereocenters. The van der Waals surface area contributed by atoms with Crippen molar-refractivity contribution in [1.29, 1.82) is 0 Å². The van der Waals surface area contributed by atoms with Crippen LogP contribution in [-0.2, 0) is 13.6 Å². The minimum atomic E-state index is -0.124. The number of carbonyl (C=O) groups is 1. The van der Waals surface area contributed by atoms with Crippen LogP contribution in [0.4, 0.5) is 0 Å². The molecule has 118 valence electrons. The van der Waals surface area contributed by atoms with Crippen LogP contribution in [0.15, 0.2) is 30.6 Å². The van der Waals surface area contributed by atoms with Gasteiger partial charge in [-0.05, 0) is 32.0 Å². The summed E-state index contributed by atoms with van der Waals surface area (Å²) >= 11 is 1.31. The van der Waals surface area contributed by atoms with Crippen molar-refractivity contribution in [1.82, 2.24) is 24.8 Å². The number of nitrogens with one attached hydrogen (secondary N) is 1. The molecule has 3 aromatic heterocycles. The van der Waals surface area contributed by atoms with E-state index in [2.05, 4.69) is 24.8 Å². The summed E-state index contributed by atoms with van der Waals surface area (Å²) in [6.07, 6.45) is 3.33. The number of thiazole rings is 1. The lowest BCUT2D eigenvalue weighted by Crippen LogP contribution is -2.23. The molecule has 0 saturated heterocycles. The Kier molecular flexibility index (Phi) is 4.20. The fourth-order valence-electron chi connectivity index (χ4n) is 2.21. The van der Waals surface area contributed by atoms with E-state index in [9.17, 15) is 4.79 Å². The lowest BCUT2D eigenvalue weighted by Gasteiger charge is -2.06. The average molecular weight is 327 g/mol. The molecule has 0 radical (unpaired) electrons. The Morgan fingerprint density at radius 3 is 2.65 bits per heavy atom. The summed E-state index contributed by atoms with van der Waals surface area (Å²) in [6, 6.07) is 5.79. The van der Waals surface area contributed by atoms with Crippen LogP contribution in [0.25, 0.3) is 10.8 Å². The van der Waals surface area contributed by atoms with Crippen molar-refractivity contribution in [3.8, 4) is 10.8 Å². The van der Waals surface area contributed by atoms with E-state index in [0.29, 0.717) is 27.9 Å². The zero-order valence-corrected chi connectivity index (χ0v) is 14.0. The zero-order chi connectivity index (χ0) is 16.4. The normalized spacial score (nSPS) is 10.7. The topological polar surface area (TPSA) is 72.7 Å². The summed E-state index contributed by atoms with van der Waals surface area (Å²) in [6.45, 7) is 4.34. The van der Waals surface area contributed by atoms with Gasteiger partial charge < -0.3 is 9.88 Å². The fourth-order valence-corrected chi connectivity index (χ4v) is 3.14. The molecule has 0 saturated carbocycles. The summed E-state index contributed by atoms with van der Waals surface area (Å²) in [5.74, 6) is 0.416. The minimum absolute atomic E-state index is 0.124. The van der Waals surface area contributed by atoms with E-state index in [-0.39, 0.29) is 5.91 Å². The van der Waals surface area contributed by atoms with Crippen molar-refractivity contribution in [2.75, 3.05) is 0 Å². The first-order valence-corrected chi connectivity index (χ1v) is 8.02. The molecule has 0 aliphatic rings. The Morgan fingerprint density at radius 2 is 2.00 bits per heavy atom. The molecule has 3 rings (SSSR count). The number of nitrogens with zero attached hydrogens (tertiary/aromatic N) is 4. The maximum atomic E-state index is 12.4. The highest BCUT2D eigenvalue weighted by molar-refractivity contribution is 7.17. The maximum Gasteiger partial charge on any atom is 0.263 e. The number of hydrogen-bond donors (Lipinski definition) is 1. The molecule has 0 bridgehead atoms. The minimum Gasteiger partial charge on any atom is -0.350 e. The van der Waals surface area contributed by atoms with Gasteiger partial charge in [0.05, 0.1) is 12.2 Å². The Labute approximate surface area is 138 Å². The van der Waals surface area contributed by atoms with Crippen LogP contribution in [0.5, 0.6) is 0 Å². The second-order valence-corrected chi connectivity index (χ2v) is 6.21. The number of hydrogen-bond acceptors (Lipinski definition) is 5. The molecule has 0 aliphatic carbocycles. The van der Waals surface area contributed by atoms with E-state index in [1.807, 2.05) is 33.0 Å². The van der Waals surface area contributed by atoms with E-state index in [0.717, 1.165) is 11.4 Å². The van der Waals surface area contributed by atoms with Gasteiger partial charge in [-0.25, -0.2) is 15.0 Å². The molecular weight excluding hydrogens is 310 g/mol. The monoisotopic (exact) mass is 327 g/mol. The lowest BCUT2D eigenvalue weighted by atomic mass is 10.3. The molecule has 1 N–H and O–H groups in total. The highest BCUT2D eigenvalue weighted by Crippen LogP contribution is 2.25. The molecule has 3 heterocycles. The third kappa shape index (κ3) is 3.14. The van der Waals surface area contributed by atoms with Crippen molar-refractivity contribution in [2.24, 2.45) is 7.05 Å². The first kappa shape index (κ1) is 15.4. The highest BCUT2D eigenvalue weighted by atomic mass is 32.1. The van der Waals surface area contributed by atoms with E-state index in [1.54, 1.807) is 18.5 Å². The van der Waals surface area contributed by atoms with Gasteiger partial charge in [-0.2, -0.15) is 0 Å². The molecule has 0 unspecified atom stereocenters. The van der Waals surface area contributed by atoms with Gasteiger partial charge in [0.25, 0.3) is 5.91 Å². The Hall–Kier alpha value is -2.54. The van der Waals surface area contributed by atoms with Crippen molar-refractivity contribution < 1.29 is 4.79 Å². The Bertz CT molecular complexity index is 838. The summed E-state index contributed by atoms with van der Waals surface area (Å²) in [5.41, 5.74) is 2.91. The van der Waals surface area contributed by atoms with E-state index >= 15 is 0 Å². The van der Waals surface area contributed by atoms with Crippen molar-refractivity contribution in [3.63, 3.8) is 0 Å². The van der Waals surface area contributed by atoms with Crippen LogP contribution in [0.2, 0.25) is 0 Å². The van der Waals surface area contributed by atoms with Gasteiger partial charge in [-0.1, -0.05) is 0 Å². The molecule has 6 nitrogen and oxygen atoms in total. The second-order valence-electron chi connectivity index (χ2n) is 5.21. The quantitative estimate of drug-likeness (QED) is 0.799. The first-order chi connectivity index (χ1) is 11.1. The molecule has 7 heteroatoms. The van der Waals surface area contributed by atoms with Crippen LogP contribution in [-0.4, -0.2) is 25.4 Å². The summed E-state index contributed by atoms with van der Waals surface area (Å²) in [5, 5.41) is 3.60. The molecule has 3 aromatic rings. The van der Waals surface area contributed by atoms with Crippen LogP contribution < -0.4 is 5.32 Å². The predicted octanol–water partition coefficient (Wildman–Crippen LogP) is 2.49. The fraction of sp³-hybridized carbons (Fsp3) is 0.250. The Balaban J connectivity index is 1.75. The zero-order valence-electron chi connectivity index (χ0n) is 13.2. The van der Waals surface area contributed by atoms with Crippen molar-refractivity contribution in [2.45, 2.75) is 20.4 Å². The lowest BCUT2D eigenvalue weighted by molar-refractivity contribution is 0.0953. The van der Waals surface area contributed by atoms with Crippen LogP contribution in [0.3, 0.4) is 0 Å². The molecule has 0 aliphatic heterocycles. The van der Waals surface area contributed by atoms with Gasteiger partial charge in [0, 0.05) is 30.8 Å².